The van der Waals surface area contributed by atoms with Crippen molar-refractivity contribution >= 4 is 11.9 Å². The number of aliphatic carboxylic acids is 1. The van der Waals surface area contributed by atoms with Crippen LogP contribution in [0.15, 0.2) is 30.3 Å². The molecule has 0 saturated carbocycles. The van der Waals surface area contributed by atoms with Gasteiger partial charge in [0.2, 0.25) is 5.91 Å². The Morgan fingerprint density at radius 3 is 2.45 bits per heavy atom. The molecule has 0 fully saturated rings. The lowest BCUT2D eigenvalue weighted by Crippen LogP contribution is -2.41. The SMILES string of the molecule is CC(CO)CC(=O)NC(CCc1ccccc1)C(=O)O. The molecule has 0 saturated heterocycles. The molecule has 5 heteroatoms. The first-order chi connectivity index (χ1) is 9.52. The van der Waals surface area contributed by atoms with E-state index >= 15 is 0 Å². The molecule has 1 rings (SSSR count). The minimum atomic E-state index is -1.04. The Balaban J connectivity index is 2.48. The van der Waals surface area contributed by atoms with Crippen LogP contribution >= 0.6 is 0 Å². The lowest BCUT2D eigenvalue weighted by Gasteiger charge is -2.16. The largest absolute Gasteiger partial charge is 0.480 e. The minimum Gasteiger partial charge on any atom is -0.480 e. The van der Waals surface area contributed by atoms with Gasteiger partial charge < -0.3 is 15.5 Å². The number of hydrogen-bond acceptors (Lipinski definition) is 3. The Kier molecular flexibility index (Phi) is 6.73. The summed E-state index contributed by atoms with van der Waals surface area (Å²) >= 11 is 0. The Bertz CT molecular complexity index is 433. The van der Waals surface area contributed by atoms with Crippen LogP contribution < -0.4 is 5.32 Å². The number of aliphatic hydroxyl groups excluding tert-OH is 1. The quantitative estimate of drug-likeness (QED) is 0.667. The van der Waals surface area contributed by atoms with E-state index in [-0.39, 0.29) is 24.9 Å². The smallest absolute Gasteiger partial charge is 0.326 e. The number of carbonyl (C=O) groups excluding carboxylic acids is 1. The molecule has 20 heavy (non-hydrogen) atoms. The van der Waals surface area contributed by atoms with E-state index in [0.29, 0.717) is 12.8 Å². The number of nitrogens with one attached hydrogen (secondary N) is 1. The van der Waals surface area contributed by atoms with Gasteiger partial charge in [0.25, 0.3) is 0 Å². The van der Waals surface area contributed by atoms with Crippen LogP contribution in [-0.2, 0) is 16.0 Å². The molecular formula is C15H21NO4. The number of aliphatic hydroxyl groups is 1. The van der Waals surface area contributed by atoms with Crippen LogP contribution in [0.25, 0.3) is 0 Å². The summed E-state index contributed by atoms with van der Waals surface area (Å²) in [5, 5.41) is 20.5. The predicted molar refractivity (Wildman–Crippen MR) is 75.2 cm³/mol. The number of carboxylic acids is 1. The van der Waals surface area contributed by atoms with E-state index < -0.39 is 12.0 Å². The van der Waals surface area contributed by atoms with Gasteiger partial charge in [0.1, 0.15) is 6.04 Å². The highest BCUT2D eigenvalue weighted by atomic mass is 16.4. The van der Waals surface area contributed by atoms with E-state index in [1.54, 1.807) is 6.92 Å². The number of hydrogen-bond donors (Lipinski definition) is 3. The molecule has 2 atom stereocenters. The molecule has 5 nitrogen and oxygen atoms in total. The van der Waals surface area contributed by atoms with Crippen LogP contribution in [0.4, 0.5) is 0 Å². The van der Waals surface area contributed by atoms with Crippen molar-refractivity contribution in [3.05, 3.63) is 35.9 Å². The summed E-state index contributed by atoms with van der Waals surface area (Å²) in [6, 6.07) is 8.65. The molecule has 1 aromatic carbocycles. The molecule has 0 aliphatic carbocycles. The summed E-state index contributed by atoms with van der Waals surface area (Å²) in [6.07, 6.45) is 1.07. The van der Waals surface area contributed by atoms with E-state index in [9.17, 15) is 9.59 Å². The van der Waals surface area contributed by atoms with E-state index in [1.165, 1.54) is 0 Å². The zero-order chi connectivity index (χ0) is 15.0. The molecule has 3 N–H and O–H groups in total. The van der Waals surface area contributed by atoms with Gasteiger partial charge in [-0.1, -0.05) is 37.3 Å². The lowest BCUT2D eigenvalue weighted by molar-refractivity contribution is -0.142. The van der Waals surface area contributed by atoms with Crippen molar-refractivity contribution in [2.45, 2.75) is 32.2 Å². The van der Waals surface area contributed by atoms with Gasteiger partial charge in [-0.2, -0.15) is 0 Å². The molecule has 0 spiro atoms. The van der Waals surface area contributed by atoms with Crippen molar-refractivity contribution in [1.29, 1.82) is 0 Å². The summed E-state index contributed by atoms with van der Waals surface area (Å²) < 4.78 is 0. The molecule has 0 bridgehead atoms. The molecule has 0 aliphatic rings. The normalized spacial score (nSPS) is 13.5. The highest BCUT2D eigenvalue weighted by Gasteiger charge is 2.20. The van der Waals surface area contributed by atoms with Crippen molar-refractivity contribution in [3.63, 3.8) is 0 Å². The zero-order valence-electron chi connectivity index (χ0n) is 11.6. The monoisotopic (exact) mass is 279 g/mol. The number of carboxylic acid groups (broad SMARTS) is 1. The van der Waals surface area contributed by atoms with Gasteiger partial charge in [-0.15, -0.1) is 0 Å². The third kappa shape index (κ3) is 5.84. The van der Waals surface area contributed by atoms with Gasteiger partial charge in [0.15, 0.2) is 0 Å². The maximum atomic E-state index is 11.7. The lowest BCUT2D eigenvalue weighted by atomic mass is 10.0. The molecule has 1 aromatic rings. The first kappa shape index (κ1) is 16.2. The number of amides is 1. The second-order valence-corrected chi connectivity index (χ2v) is 4.97. The van der Waals surface area contributed by atoms with Gasteiger partial charge in [0.05, 0.1) is 0 Å². The van der Waals surface area contributed by atoms with Crippen molar-refractivity contribution in [2.24, 2.45) is 5.92 Å². The Hall–Kier alpha value is -1.88. The van der Waals surface area contributed by atoms with Gasteiger partial charge in [0, 0.05) is 13.0 Å². The maximum Gasteiger partial charge on any atom is 0.326 e. The summed E-state index contributed by atoms with van der Waals surface area (Å²) in [4.78, 5) is 22.8. The fraction of sp³-hybridized carbons (Fsp3) is 0.467. The summed E-state index contributed by atoms with van der Waals surface area (Å²) in [6.45, 7) is 1.65. The zero-order valence-corrected chi connectivity index (χ0v) is 11.6. The topological polar surface area (TPSA) is 86.6 Å². The van der Waals surface area contributed by atoms with E-state index in [4.69, 9.17) is 10.2 Å². The highest BCUT2D eigenvalue weighted by Crippen LogP contribution is 2.06. The molecule has 110 valence electrons. The molecule has 2 unspecified atom stereocenters. The van der Waals surface area contributed by atoms with Gasteiger partial charge in [-0.25, -0.2) is 4.79 Å². The molecular weight excluding hydrogens is 258 g/mol. The summed E-state index contributed by atoms with van der Waals surface area (Å²) in [5.74, 6) is -1.54. The third-order valence-electron chi connectivity index (χ3n) is 3.04. The Morgan fingerprint density at radius 2 is 1.90 bits per heavy atom. The van der Waals surface area contributed by atoms with Crippen LogP contribution in [0.5, 0.6) is 0 Å². The van der Waals surface area contributed by atoms with Gasteiger partial charge in [-0.05, 0) is 24.3 Å². The number of rotatable bonds is 8. The van der Waals surface area contributed by atoms with Crippen molar-refractivity contribution < 1.29 is 19.8 Å². The number of aryl methyl sites for hydroxylation is 1. The molecule has 0 aliphatic heterocycles. The molecule has 0 heterocycles. The van der Waals surface area contributed by atoms with E-state index in [2.05, 4.69) is 5.32 Å². The Morgan fingerprint density at radius 1 is 1.25 bits per heavy atom. The fourth-order valence-electron chi connectivity index (χ4n) is 1.85. The third-order valence-corrected chi connectivity index (χ3v) is 3.04. The molecule has 0 radical (unpaired) electrons. The number of benzene rings is 1. The maximum absolute atomic E-state index is 11.7. The Labute approximate surface area is 118 Å². The first-order valence-electron chi connectivity index (χ1n) is 6.70. The minimum absolute atomic E-state index is 0.0881. The van der Waals surface area contributed by atoms with Crippen LogP contribution in [0.1, 0.15) is 25.3 Å². The van der Waals surface area contributed by atoms with Crippen LogP contribution in [0, 0.1) is 5.92 Å². The van der Waals surface area contributed by atoms with E-state index in [0.717, 1.165) is 5.56 Å². The first-order valence-corrected chi connectivity index (χ1v) is 6.70. The van der Waals surface area contributed by atoms with Crippen molar-refractivity contribution in [3.8, 4) is 0 Å². The standard InChI is InChI=1S/C15H21NO4/c1-11(10-17)9-14(18)16-13(15(19)20)8-7-12-5-3-2-4-6-12/h2-6,11,13,17H,7-10H2,1H3,(H,16,18)(H,19,20). The average molecular weight is 279 g/mol. The van der Waals surface area contributed by atoms with E-state index in [1.807, 2.05) is 30.3 Å². The molecule has 0 aromatic heterocycles. The van der Waals surface area contributed by atoms with Crippen molar-refractivity contribution in [2.75, 3.05) is 6.61 Å². The van der Waals surface area contributed by atoms with Crippen LogP contribution in [0.2, 0.25) is 0 Å². The second-order valence-electron chi connectivity index (χ2n) is 4.97. The summed E-state index contributed by atoms with van der Waals surface area (Å²) in [5.41, 5.74) is 1.04. The number of carbonyl (C=O) groups is 2. The average Bonchev–Trinajstić information content (AvgIpc) is 2.44. The van der Waals surface area contributed by atoms with Crippen molar-refractivity contribution in [1.82, 2.24) is 5.32 Å². The van der Waals surface area contributed by atoms with Crippen LogP contribution in [0.3, 0.4) is 0 Å². The van der Waals surface area contributed by atoms with Crippen LogP contribution in [-0.4, -0.2) is 34.7 Å². The summed E-state index contributed by atoms with van der Waals surface area (Å²) in [7, 11) is 0. The second kappa shape index (κ2) is 8.32. The predicted octanol–water partition coefficient (Wildman–Crippen LogP) is 1.21. The van der Waals surface area contributed by atoms with Gasteiger partial charge >= 0.3 is 5.97 Å². The molecule has 1 amide bonds. The fourth-order valence-corrected chi connectivity index (χ4v) is 1.85. The highest BCUT2D eigenvalue weighted by molar-refractivity contribution is 5.83. The van der Waals surface area contributed by atoms with Gasteiger partial charge in [-0.3, -0.25) is 4.79 Å².